The molecular weight excluding hydrogens is 267 g/mol. The van der Waals surface area contributed by atoms with Crippen molar-refractivity contribution in [3.63, 3.8) is 0 Å². The van der Waals surface area contributed by atoms with Crippen LogP contribution in [0.15, 0.2) is 36.8 Å². The van der Waals surface area contributed by atoms with E-state index in [1.165, 1.54) is 6.33 Å². The van der Waals surface area contributed by atoms with Gasteiger partial charge in [0.25, 0.3) is 0 Å². The molecule has 1 N–H and O–H groups in total. The van der Waals surface area contributed by atoms with Gasteiger partial charge >= 0.3 is 35.5 Å². The van der Waals surface area contributed by atoms with Crippen molar-refractivity contribution in [2.45, 2.75) is 6.92 Å². The molecule has 0 atom stereocenters. The molecule has 0 aliphatic carbocycles. The second-order valence-electron chi connectivity index (χ2n) is 4.09. The van der Waals surface area contributed by atoms with Crippen LogP contribution in [0.25, 0.3) is 17.0 Å². The summed E-state index contributed by atoms with van der Waals surface area (Å²) in [5.74, 6) is -1.09. The number of imidazole rings is 1. The number of carbonyl (C=O) groups is 1. The number of pyridine rings is 1. The molecular formula is C13H11N4NaO2. The third kappa shape index (κ3) is 2.45. The second-order valence-corrected chi connectivity index (χ2v) is 4.09. The van der Waals surface area contributed by atoms with Crippen LogP contribution >= 0.6 is 0 Å². The maximum absolute atomic E-state index is 11.1. The molecule has 0 aromatic carbocycles. The summed E-state index contributed by atoms with van der Waals surface area (Å²) in [5.41, 5.74) is 2.46. The number of aromatic carboxylic acids is 1. The number of rotatable bonds is 2. The van der Waals surface area contributed by atoms with Crippen LogP contribution in [0, 0.1) is 6.92 Å². The van der Waals surface area contributed by atoms with Crippen molar-refractivity contribution in [1.82, 2.24) is 19.4 Å². The van der Waals surface area contributed by atoms with Gasteiger partial charge in [0.15, 0.2) is 11.3 Å². The van der Waals surface area contributed by atoms with E-state index in [9.17, 15) is 4.79 Å². The Morgan fingerprint density at radius 3 is 2.70 bits per heavy atom. The molecule has 0 fully saturated rings. The predicted octanol–water partition coefficient (Wildman–Crippen LogP) is 1.15. The summed E-state index contributed by atoms with van der Waals surface area (Å²) in [6, 6.07) is 7.35. The van der Waals surface area contributed by atoms with E-state index in [0.717, 1.165) is 5.69 Å². The molecule has 20 heavy (non-hydrogen) atoms. The topological polar surface area (TPSA) is 80.4 Å². The van der Waals surface area contributed by atoms with Gasteiger partial charge in [-0.1, -0.05) is 6.07 Å². The fourth-order valence-electron chi connectivity index (χ4n) is 1.92. The fourth-order valence-corrected chi connectivity index (χ4v) is 1.92. The molecule has 0 unspecified atom stereocenters. The fraction of sp³-hybridized carbons (Fsp3) is 0.0769. The van der Waals surface area contributed by atoms with E-state index >= 15 is 0 Å². The van der Waals surface area contributed by atoms with Crippen LogP contribution in [-0.4, -0.2) is 60.0 Å². The van der Waals surface area contributed by atoms with E-state index in [1.54, 1.807) is 10.6 Å². The van der Waals surface area contributed by atoms with E-state index in [4.69, 9.17) is 5.11 Å². The number of hydrogen-bond donors (Lipinski definition) is 1. The Morgan fingerprint density at radius 1 is 1.25 bits per heavy atom. The standard InChI is InChI=1S/C13H10N4O2.Na.H/c1-8-6-10(9-4-2-3-5-14-9)16-12-11(13(18)19)15-7-17(8)12;;/h2-7H,1H3,(H,18,19);;. The Kier molecular flexibility index (Phi) is 4.17. The SMILES string of the molecule is Cc1cc(-c2ccccn2)nc2c(C(=O)O)ncn12.[NaH]. The number of hydrogen-bond acceptors (Lipinski definition) is 4. The zero-order valence-electron chi connectivity index (χ0n) is 10.1. The molecule has 0 aliphatic heterocycles. The molecule has 0 bridgehead atoms. The number of carboxylic acids is 1. The van der Waals surface area contributed by atoms with Gasteiger partial charge in [-0.2, -0.15) is 0 Å². The molecule has 3 aromatic heterocycles. The number of carboxylic acid groups (broad SMARTS) is 1. The third-order valence-corrected chi connectivity index (χ3v) is 2.82. The molecule has 3 rings (SSSR count). The summed E-state index contributed by atoms with van der Waals surface area (Å²) >= 11 is 0. The average Bonchev–Trinajstić information content (AvgIpc) is 2.84. The van der Waals surface area contributed by atoms with Gasteiger partial charge in [0.05, 0.1) is 11.4 Å². The van der Waals surface area contributed by atoms with Crippen LogP contribution < -0.4 is 0 Å². The van der Waals surface area contributed by atoms with Gasteiger partial charge in [-0.15, -0.1) is 0 Å². The molecule has 0 saturated heterocycles. The molecule has 0 spiro atoms. The maximum atomic E-state index is 11.1. The average molecular weight is 278 g/mol. The van der Waals surface area contributed by atoms with Gasteiger partial charge in [-0.05, 0) is 25.1 Å². The van der Waals surface area contributed by atoms with Crippen molar-refractivity contribution >= 4 is 41.2 Å². The van der Waals surface area contributed by atoms with Crippen LogP contribution in [0.1, 0.15) is 16.2 Å². The first kappa shape index (κ1) is 14.6. The number of nitrogens with zero attached hydrogens (tertiary/aromatic N) is 4. The van der Waals surface area contributed by atoms with Gasteiger partial charge in [-0.25, -0.2) is 14.8 Å². The summed E-state index contributed by atoms with van der Waals surface area (Å²) in [6.07, 6.45) is 3.13. The molecule has 3 aromatic rings. The third-order valence-electron chi connectivity index (χ3n) is 2.82. The van der Waals surface area contributed by atoms with E-state index in [1.807, 2.05) is 31.2 Å². The number of fused-ring (bicyclic) bond motifs is 1. The van der Waals surface area contributed by atoms with Gasteiger partial charge in [0, 0.05) is 11.9 Å². The molecule has 0 amide bonds. The molecule has 3 heterocycles. The number of aromatic nitrogens is 4. The first-order valence-electron chi connectivity index (χ1n) is 5.66. The van der Waals surface area contributed by atoms with Gasteiger partial charge < -0.3 is 5.11 Å². The van der Waals surface area contributed by atoms with Crippen molar-refractivity contribution < 1.29 is 9.90 Å². The van der Waals surface area contributed by atoms with Crippen LogP contribution in [-0.2, 0) is 0 Å². The van der Waals surface area contributed by atoms with Crippen molar-refractivity contribution in [2.75, 3.05) is 0 Å². The zero-order chi connectivity index (χ0) is 13.4. The second kappa shape index (κ2) is 5.70. The Morgan fingerprint density at radius 2 is 2.05 bits per heavy atom. The minimum atomic E-state index is -1.09. The van der Waals surface area contributed by atoms with E-state index in [2.05, 4.69) is 15.0 Å². The first-order valence-corrected chi connectivity index (χ1v) is 5.66. The van der Waals surface area contributed by atoms with Gasteiger partial charge in [0.1, 0.15) is 6.33 Å². The summed E-state index contributed by atoms with van der Waals surface area (Å²) in [6.45, 7) is 1.87. The van der Waals surface area contributed by atoms with E-state index < -0.39 is 5.97 Å². The summed E-state index contributed by atoms with van der Waals surface area (Å²) < 4.78 is 1.65. The zero-order valence-corrected chi connectivity index (χ0v) is 10.1. The summed E-state index contributed by atoms with van der Waals surface area (Å²) in [7, 11) is 0. The van der Waals surface area contributed by atoms with Gasteiger partial charge in [-0.3, -0.25) is 9.38 Å². The van der Waals surface area contributed by atoms with Crippen molar-refractivity contribution in [3.05, 3.63) is 48.2 Å². The summed E-state index contributed by atoms with van der Waals surface area (Å²) in [4.78, 5) is 23.5. The Labute approximate surface area is 136 Å². The Balaban J connectivity index is 0.00000147. The summed E-state index contributed by atoms with van der Waals surface area (Å²) in [5, 5.41) is 9.09. The van der Waals surface area contributed by atoms with Crippen LogP contribution in [0.3, 0.4) is 0 Å². The number of aryl methyl sites for hydroxylation is 1. The van der Waals surface area contributed by atoms with Crippen molar-refractivity contribution in [2.24, 2.45) is 0 Å². The normalized spacial score (nSPS) is 10.2. The van der Waals surface area contributed by atoms with Gasteiger partial charge in [0.2, 0.25) is 0 Å². The molecule has 96 valence electrons. The van der Waals surface area contributed by atoms with Crippen LogP contribution in [0.5, 0.6) is 0 Å². The van der Waals surface area contributed by atoms with E-state index in [0.29, 0.717) is 17.0 Å². The van der Waals surface area contributed by atoms with Crippen molar-refractivity contribution in [3.8, 4) is 11.4 Å². The monoisotopic (exact) mass is 278 g/mol. The van der Waals surface area contributed by atoms with Crippen molar-refractivity contribution in [1.29, 1.82) is 0 Å². The van der Waals surface area contributed by atoms with E-state index in [-0.39, 0.29) is 35.3 Å². The first-order chi connectivity index (χ1) is 9.16. The Bertz CT molecular complexity index is 771. The molecule has 0 aliphatic rings. The Hall–Kier alpha value is -1.76. The molecule has 0 radical (unpaired) electrons. The predicted molar refractivity (Wildman–Crippen MR) is 75.1 cm³/mol. The van der Waals surface area contributed by atoms with Crippen LogP contribution in [0.4, 0.5) is 0 Å². The molecule has 0 saturated carbocycles. The van der Waals surface area contributed by atoms with Crippen LogP contribution in [0.2, 0.25) is 0 Å². The molecule has 6 nitrogen and oxygen atoms in total. The quantitative estimate of drug-likeness (QED) is 0.711. The molecule has 7 heteroatoms. The minimum absolute atomic E-state index is 0.